The SMILES string of the molecule is COc1ccc(CCNC(=O)CNCc2ccc(Cl)cc2)cc1. The van der Waals surface area contributed by atoms with Gasteiger partial charge in [-0.15, -0.1) is 0 Å². The Kier molecular flexibility index (Phi) is 6.91. The van der Waals surface area contributed by atoms with Crippen molar-refractivity contribution in [2.45, 2.75) is 13.0 Å². The fraction of sp³-hybridized carbons (Fsp3) is 0.278. The zero-order valence-electron chi connectivity index (χ0n) is 13.1. The van der Waals surface area contributed by atoms with E-state index in [-0.39, 0.29) is 5.91 Å². The van der Waals surface area contributed by atoms with E-state index < -0.39 is 0 Å². The Morgan fingerprint density at radius 2 is 1.70 bits per heavy atom. The monoisotopic (exact) mass is 332 g/mol. The maximum absolute atomic E-state index is 11.8. The van der Waals surface area contributed by atoms with Gasteiger partial charge in [-0.25, -0.2) is 0 Å². The van der Waals surface area contributed by atoms with E-state index in [9.17, 15) is 4.79 Å². The second kappa shape index (κ2) is 9.18. The van der Waals surface area contributed by atoms with Crippen LogP contribution in [0.2, 0.25) is 5.02 Å². The number of nitrogens with one attached hydrogen (secondary N) is 2. The number of carbonyl (C=O) groups excluding carboxylic acids is 1. The average Bonchev–Trinajstić information content (AvgIpc) is 2.57. The molecule has 0 aromatic heterocycles. The second-order valence-electron chi connectivity index (χ2n) is 5.18. The van der Waals surface area contributed by atoms with Crippen LogP contribution in [-0.4, -0.2) is 26.1 Å². The Balaban J connectivity index is 1.62. The molecule has 0 aliphatic heterocycles. The molecule has 0 unspecified atom stereocenters. The quantitative estimate of drug-likeness (QED) is 0.781. The number of halogens is 1. The number of hydrogen-bond donors (Lipinski definition) is 2. The molecule has 0 saturated carbocycles. The van der Waals surface area contributed by atoms with E-state index in [2.05, 4.69) is 10.6 Å². The van der Waals surface area contributed by atoms with Crippen LogP contribution in [0.4, 0.5) is 0 Å². The minimum Gasteiger partial charge on any atom is -0.497 e. The molecule has 5 heteroatoms. The van der Waals surface area contributed by atoms with Gasteiger partial charge < -0.3 is 15.4 Å². The zero-order valence-corrected chi connectivity index (χ0v) is 13.9. The third-order valence-corrected chi connectivity index (χ3v) is 3.67. The van der Waals surface area contributed by atoms with Gasteiger partial charge in [0.1, 0.15) is 5.75 Å². The smallest absolute Gasteiger partial charge is 0.233 e. The predicted molar refractivity (Wildman–Crippen MR) is 92.9 cm³/mol. The Labute approximate surface area is 141 Å². The van der Waals surface area contributed by atoms with Gasteiger partial charge in [0.05, 0.1) is 13.7 Å². The fourth-order valence-corrected chi connectivity index (χ4v) is 2.25. The number of benzene rings is 2. The summed E-state index contributed by atoms with van der Waals surface area (Å²) in [5, 5.41) is 6.73. The molecular formula is C18H21ClN2O2. The van der Waals surface area contributed by atoms with Gasteiger partial charge in [0.2, 0.25) is 5.91 Å². The molecule has 2 rings (SSSR count). The van der Waals surface area contributed by atoms with Crippen LogP contribution in [0.15, 0.2) is 48.5 Å². The first-order valence-electron chi connectivity index (χ1n) is 7.52. The lowest BCUT2D eigenvalue weighted by Gasteiger charge is -2.07. The summed E-state index contributed by atoms with van der Waals surface area (Å²) in [4.78, 5) is 11.8. The Hall–Kier alpha value is -2.04. The number of amides is 1. The number of carbonyl (C=O) groups is 1. The lowest BCUT2D eigenvalue weighted by Crippen LogP contribution is -2.34. The van der Waals surface area contributed by atoms with E-state index >= 15 is 0 Å². The molecule has 23 heavy (non-hydrogen) atoms. The molecular weight excluding hydrogens is 312 g/mol. The van der Waals surface area contributed by atoms with Gasteiger partial charge >= 0.3 is 0 Å². The van der Waals surface area contributed by atoms with Crippen LogP contribution in [0.5, 0.6) is 5.75 Å². The fourth-order valence-electron chi connectivity index (χ4n) is 2.12. The Morgan fingerprint density at radius 1 is 1.04 bits per heavy atom. The van der Waals surface area contributed by atoms with E-state index in [1.165, 1.54) is 5.56 Å². The lowest BCUT2D eigenvalue weighted by atomic mass is 10.1. The summed E-state index contributed by atoms with van der Waals surface area (Å²) in [5.74, 6) is 0.830. The van der Waals surface area contributed by atoms with Crippen molar-refractivity contribution in [1.82, 2.24) is 10.6 Å². The van der Waals surface area contributed by atoms with Gasteiger partial charge in [-0.3, -0.25) is 4.79 Å². The highest BCUT2D eigenvalue weighted by Crippen LogP contribution is 2.11. The van der Waals surface area contributed by atoms with Crippen molar-refractivity contribution in [3.05, 3.63) is 64.7 Å². The summed E-state index contributed by atoms with van der Waals surface area (Å²) in [6, 6.07) is 15.4. The van der Waals surface area contributed by atoms with Crippen molar-refractivity contribution in [2.75, 3.05) is 20.2 Å². The average molecular weight is 333 g/mol. The van der Waals surface area contributed by atoms with Crippen LogP contribution >= 0.6 is 11.6 Å². The van der Waals surface area contributed by atoms with Gasteiger partial charge in [0, 0.05) is 18.1 Å². The van der Waals surface area contributed by atoms with Crippen LogP contribution < -0.4 is 15.4 Å². The third kappa shape index (κ3) is 6.30. The number of ether oxygens (including phenoxy) is 1. The summed E-state index contributed by atoms with van der Waals surface area (Å²) < 4.78 is 5.11. The number of hydrogen-bond acceptors (Lipinski definition) is 3. The molecule has 1 amide bonds. The molecule has 4 nitrogen and oxygen atoms in total. The highest BCUT2D eigenvalue weighted by Gasteiger charge is 2.01. The molecule has 0 bridgehead atoms. The Bertz CT molecular complexity index is 612. The van der Waals surface area contributed by atoms with Gasteiger partial charge in [-0.2, -0.15) is 0 Å². The van der Waals surface area contributed by atoms with Gasteiger partial charge in [-0.05, 0) is 41.8 Å². The first kappa shape index (κ1) is 17.3. The normalized spacial score (nSPS) is 10.3. The topological polar surface area (TPSA) is 50.4 Å². The molecule has 0 spiro atoms. The van der Waals surface area contributed by atoms with Crippen molar-refractivity contribution in [3.8, 4) is 5.75 Å². The molecule has 0 fully saturated rings. The van der Waals surface area contributed by atoms with E-state index in [0.717, 1.165) is 17.7 Å². The lowest BCUT2D eigenvalue weighted by molar-refractivity contribution is -0.120. The summed E-state index contributed by atoms with van der Waals surface area (Å²) in [6.07, 6.45) is 0.799. The van der Waals surface area contributed by atoms with Crippen molar-refractivity contribution in [1.29, 1.82) is 0 Å². The largest absolute Gasteiger partial charge is 0.497 e. The number of methoxy groups -OCH3 is 1. The second-order valence-corrected chi connectivity index (χ2v) is 5.61. The van der Waals surface area contributed by atoms with E-state index in [1.807, 2.05) is 48.5 Å². The molecule has 0 atom stereocenters. The van der Waals surface area contributed by atoms with Crippen LogP contribution in [0.25, 0.3) is 0 Å². The first-order chi connectivity index (χ1) is 11.2. The summed E-state index contributed by atoms with van der Waals surface area (Å²) >= 11 is 5.83. The highest BCUT2D eigenvalue weighted by atomic mass is 35.5. The van der Waals surface area contributed by atoms with E-state index in [0.29, 0.717) is 24.7 Å². The predicted octanol–water partition coefficient (Wildman–Crippen LogP) is 2.80. The van der Waals surface area contributed by atoms with Gasteiger partial charge in [0.25, 0.3) is 0 Å². The van der Waals surface area contributed by atoms with Gasteiger partial charge in [-0.1, -0.05) is 35.9 Å². The maximum Gasteiger partial charge on any atom is 0.233 e. The zero-order chi connectivity index (χ0) is 16.5. The summed E-state index contributed by atoms with van der Waals surface area (Å²) in [5.41, 5.74) is 2.26. The van der Waals surface area contributed by atoms with Crippen LogP contribution in [0, 0.1) is 0 Å². The number of rotatable bonds is 8. The molecule has 0 radical (unpaired) electrons. The molecule has 2 N–H and O–H groups in total. The van der Waals surface area contributed by atoms with Crippen LogP contribution in [-0.2, 0) is 17.8 Å². The van der Waals surface area contributed by atoms with Crippen molar-refractivity contribution in [3.63, 3.8) is 0 Å². The molecule has 0 aliphatic rings. The highest BCUT2D eigenvalue weighted by molar-refractivity contribution is 6.30. The molecule has 2 aromatic rings. The minimum absolute atomic E-state index is 0.00697. The van der Waals surface area contributed by atoms with Crippen LogP contribution in [0.1, 0.15) is 11.1 Å². The summed E-state index contributed by atoms with van der Waals surface area (Å²) in [6.45, 7) is 1.56. The molecule has 122 valence electrons. The summed E-state index contributed by atoms with van der Waals surface area (Å²) in [7, 11) is 1.65. The van der Waals surface area contributed by atoms with Crippen LogP contribution in [0.3, 0.4) is 0 Å². The van der Waals surface area contributed by atoms with E-state index in [1.54, 1.807) is 7.11 Å². The molecule has 0 aliphatic carbocycles. The maximum atomic E-state index is 11.8. The van der Waals surface area contributed by atoms with Crippen molar-refractivity contribution >= 4 is 17.5 Å². The standard InChI is InChI=1S/C18H21ClN2O2/c1-23-17-8-4-14(5-9-17)10-11-21-18(22)13-20-12-15-2-6-16(19)7-3-15/h2-9,20H,10-13H2,1H3,(H,21,22). The minimum atomic E-state index is -0.00697. The Morgan fingerprint density at radius 3 is 2.35 bits per heavy atom. The van der Waals surface area contributed by atoms with E-state index in [4.69, 9.17) is 16.3 Å². The third-order valence-electron chi connectivity index (χ3n) is 3.42. The molecule has 0 heterocycles. The first-order valence-corrected chi connectivity index (χ1v) is 7.90. The molecule has 2 aromatic carbocycles. The van der Waals surface area contributed by atoms with Crippen molar-refractivity contribution in [2.24, 2.45) is 0 Å². The molecule has 0 saturated heterocycles. The van der Waals surface area contributed by atoms with Gasteiger partial charge in [0.15, 0.2) is 0 Å². The van der Waals surface area contributed by atoms with Crippen molar-refractivity contribution < 1.29 is 9.53 Å².